The highest BCUT2D eigenvalue weighted by molar-refractivity contribution is 8.13. The largest absolute Gasteiger partial charge is 0.495 e. The molecule has 1 aromatic rings. The molecule has 1 atom stereocenters. The Morgan fingerprint density at radius 3 is 2.57 bits per heavy atom. The van der Waals surface area contributed by atoms with Crippen LogP contribution in [0.15, 0.2) is 24.3 Å². The van der Waals surface area contributed by atoms with Gasteiger partial charge in [-0.2, -0.15) is 0 Å². The first-order valence-electron chi connectivity index (χ1n) is 6.00. The molecule has 0 aliphatic rings. The van der Waals surface area contributed by atoms with Gasteiger partial charge in [0, 0.05) is 12.7 Å². The maximum Gasteiger partial charge on any atom is 0.327 e. The number of thioether (sulfide) groups is 1. The minimum absolute atomic E-state index is 0.0735. The van der Waals surface area contributed by atoms with Crippen LogP contribution in [-0.2, 0) is 9.59 Å². The van der Waals surface area contributed by atoms with E-state index in [1.807, 2.05) is 0 Å². The Morgan fingerprint density at radius 1 is 1.33 bits per heavy atom. The van der Waals surface area contributed by atoms with Crippen molar-refractivity contribution in [2.75, 3.05) is 18.2 Å². The van der Waals surface area contributed by atoms with Gasteiger partial charge in [0.15, 0.2) is 0 Å². The van der Waals surface area contributed by atoms with Gasteiger partial charge in [0.05, 0.1) is 12.8 Å². The third-order valence-electron chi connectivity index (χ3n) is 2.40. The summed E-state index contributed by atoms with van der Waals surface area (Å²) >= 11 is 0.768. The minimum Gasteiger partial charge on any atom is -0.495 e. The zero-order chi connectivity index (χ0) is 15.8. The normalized spacial score (nSPS) is 11.3. The highest BCUT2D eigenvalue weighted by atomic mass is 32.2. The van der Waals surface area contributed by atoms with Crippen LogP contribution in [0.25, 0.3) is 0 Å². The number of hydrogen-bond acceptors (Lipinski definition) is 5. The van der Waals surface area contributed by atoms with Crippen LogP contribution >= 0.6 is 11.8 Å². The Hall–Kier alpha value is -2.22. The molecule has 114 valence electrons. The summed E-state index contributed by atoms with van der Waals surface area (Å²) in [6.07, 6.45) is 0. The van der Waals surface area contributed by atoms with E-state index in [0.717, 1.165) is 11.8 Å². The second-order valence-corrected chi connectivity index (χ2v) is 5.01. The van der Waals surface area contributed by atoms with Crippen LogP contribution in [0, 0.1) is 0 Å². The van der Waals surface area contributed by atoms with Crippen LogP contribution in [0.2, 0.25) is 0 Å². The highest BCUT2D eigenvalue weighted by Gasteiger charge is 2.20. The standard InChI is InChI=1S/C13H16N2O5S/c1-8(16)14-10(12(17)18)7-21-13(19)15-9-5-3-4-6-11(9)20-2/h3-6,10H,7H2,1-2H3,(H,14,16)(H,15,19)(H,17,18)/t10-/m0/s1. The molecule has 0 saturated carbocycles. The number of ether oxygens (including phenoxy) is 1. The summed E-state index contributed by atoms with van der Waals surface area (Å²) in [4.78, 5) is 33.6. The van der Waals surface area contributed by atoms with Crippen LogP contribution < -0.4 is 15.4 Å². The number of para-hydroxylation sites is 2. The topological polar surface area (TPSA) is 105 Å². The fourth-order valence-corrected chi connectivity index (χ4v) is 2.20. The lowest BCUT2D eigenvalue weighted by Gasteiger charge is -2.13. The first-order valence-corrected chi connectivity index (χ1v) is 6.99. The Labute approximate surface area is 126 Å². The van der Waals surface area contributed by atoms with Crippen molar-refractivity contribution in [3.63, 3.8) is 0 Å². The fraction of sp³-hybridized carbons (Fsp3) is 0.308. The molecule has 21 heavy (non-hydrogen) atoms. The molecule has 2 amide bonds. The first-order chi connectivity index (χ1) is 9.93. The summed E-state index contributed by atoms with van der Waals surface area (Å²) < 4.78 is 5.09. The van der Waals surface area contributed by atoms with Gasteiger partial charge in [-0.25, -0.2) is 4.79 Å². The predicted octanol–water partition coefficient (Wildman–Crippen LogP) is 1.55. The predicted molar refractivity (Wildman–Crippen MR) is 79.7 cm³/mol. The van der Waals surface area contributed by atoms with Gasteiger partial charge in [-0.1, -0.05) is 23.9 Å². The molecule has 0 aromatic heterocycles. The molecule has 7 nitrogen and oxygen atoms in total. The van der Waals surface area contributed by atoms with E-state index in [2.05, 4.69) is 10.6 Å². The van der Waals surface area contributed by atoms with E-state index in [-0.39, 0.29) is 5.75 Å². The quantitative estimate of drug-likeness (QED) is 0.736. The van der Waals surface area contributed by atoms with Crippen LogP contribution in [-0.4, -0.2) is 41.1 Å². The zero-order valence-corrected chi connectivity index (χ0v) is 12.4. The molecule has 0 unspecified atom stereocenters. The molecule has 0 aliphatic heterocycles. The molecule has 0 bridgehead atoms. The number of benzene rings is 1. The van der Waals surface area contributed by atoms with Gasteiger partial charge in [0.2, 0.25) is 5.91 Å². The van der Waals surface area contributed by atoms with Gasteiger partial charge >= 0.3 is 5.97 Å². The first kappa shape index (κ1) is 16.8. The van der Waals surface area contributed by atoms with Crippen molar-refractivity contribution in [2.45, 2.75) is 13.0 Å². The molecule has 0 heterocycles. The number of aliphatic carboxylic acids is 1. The summed E-state index contributed by atoms with van der Waals surface area (Å²) in [5.74, 6) is -1.23. The number of carbonyl (C=O) groups is 3. The average Bonchev–Trinajstić information content (AvgIpc) is 2.43. The SMILES string of the molecule is COc1ccccc1NC(=O)SC[C@H](NC(C)=O)C(=O)O. The van der Waals surface area contributed by atoms with Gasteiger partial charge < -0.3 is 20.5 Å². The van der Waals surface area contributed by atoms with E-state index in [9.17, 15) is 14.4 Å². The second kappa shape index (κ2) is 8.15. The number of methoxy groups -OCH3 is 1. The van der Waals surface area contributed by atoms with E-state index in [1.54, 1.807) is 24.3 Å². The molecular weight excluding hydrogens is 296 g/mol. The maximum atomic E-state index is 11.8. The molecule has 1 rings (SSSR count). The van der Waals surface area contributed by atoms with E-state index in [1.165, 1.54) is 14.0 Å². The average molecular weight is 312 g/mol. The lowest BCUT2D eigenvalue weighted by atomic mass is 10.3. The van der Waals surface area contributed by atoms with E-state index >= 15 is 0 Å². The van der Waals surface area contributed by atoms with Crippen LogP contribution in [0.1, 0.15) is 6.92 Å². The Balaban J connectivity index is 2.57. The fourth-order valence-electron chi connectivity index (χ4n) is 1.47. The van der Waals surface area contributed by atoms with Crippen LogP contribution in [0.4, 0.5) is 10.5 Å². The van der Waals surface area contributed by atoms with Crippen molar-refractivity contribution >= 4 is 34.6 Å². The minimum atomic E-state index is -1.19. The highest BCUT2D eigenvalue weighted by Crippen LogP contribution is 2.24. The second-order valence-electron chi connectivity index (χ2n) is 4.02. The van der Waals surface area contributed by atoms with E-state index in [0.29, 0.717) is 11.4 Å². The number of carbonyl (C=O) groups excluding carboxylic acids is 2. The van der Waals surface area contributed by atoms with Gasteiger partial charge in [-0.15, -0.1) is 0 Å². The molecule has 0 aliphatic carbocycles. The summed E-state index contributed by atoms with van der Waals surface area (Å²) in [5, 5.41) is 13.4. The smallest absolute Gasteiger partial charge is 0.327 e. The van der Waals surface area contributed by atoms with Crippen molar-refractivity contribution in [2.24, 2.45) is 0 Å². The van der Waals surface area contributed by atoms with Crippen LogP contribution in [0.3, 0.4) is 0 Å². The molecule has 0 fully saturated rings. The Morgan fingerprint density at radius 2 is 2.00 bits per heavy atom. The third kappa shape index (κ3) is 5.74. The van der Waals surface area contributed by atoms with Crippen molar-refractivity contribution in [1.29, 1.82) is 0 Å². The number of carboxylic acid groups (broad SMARTS) is 1. The summed E-state index contributed by atoms with van der Waals surface area (Å²) in [6, 6.07) is 5.74. The number of rotatable bonds is 6. The molecule has 0 saturated heterocycles. The molecule has 3 N–H and O–H groups in total. The lowest BCUT2D eigenvalue weighted by Crippen LogP contribution is -2.41. The van der Waals surface area contributed by atoms with E-state index < -0.39 is 23.2 Å². The summed E-state index contributed by atoms with van der Waals surface area (Å²) in [5.41, 5.74) is 0.490. The van der Waals surface area contributed by atoms with Gasteiger partial charge in [0.1, 0.15) is 11.8 Å². The third-order valence-corrected chi connectivity index (χ3v) is 3.26. The van der Waals surface area contributed by atoms with Crippen molar-refractivity contribution < 1.29 is 24.2 Å². The van der Waals surface area contributed by atoms with Crippen molar-refractivity contribution in [3.8, 4) is 5.75 Å². The van der Waals surface area contributed by atoms with Crippen LogP contribution in [0.5, 0.6) is 5.75 Å². The summed E-state index contributed by atoms with van der Waals surface area (Å²) in [7, 11) is 1.48. The maximum absolute atomic E-state index is 11.8. The summed E-state index contributed by atoms with van der Waals surface area (Å²) in [6.45, 7) is 1.22. The number of anilines is 1. The Kier molecular flexibility index (Phi) is 6.54. The monoisotopic (exact) mass is 312 g/mol. The van der Waals surface area contributed by atoms with Gasteiger partial charge in [-0.3, -0.25) is 9.59 Å². The van der Waals surface area contributed by atoms with Gasteiger partial charge in [-0.05, 0) is 12.1 Å². The number of nitrogens with one attached hydrogen (secondary N) is 2. The van der Waals surface area contributed by atoms with Crippen molar-refractivity contribution in [1.82, 2.24) is 5.32 Å². The zero-order valence-electron chi connectivity index (χ0n) is 11.6. The molecule has 8 heteroatoms. The number of hydrogen-bond donors (Lipinski definition) is 3. The van der Waals surface area contributed by atoms with Gasteiger partial charge in [0.25, 0.3) is 5.24 Å². The lowest BCUT2D eigenvalue weighted by molar-refractivity contribution is -0.140. The number of amides is 2. The van der Waals surface area contributed by atoms with E-state index in [4.69, 9.17) is 9.84 Å². The molecular formula is C13H16N2O5S. The molecule has 0 radical (unpaired) electrons. The van der Waals surface area contributed by atoms with Crippen molar-refractivity contribution in [3.05, 3.63) is 24.3 Å². The molecule has 1 aromatic carbocycles. The molecule has 0 spiro atoms. The Bertz CT molecular complexity index is 535. The number of carboxylic acids is 1.